The Bertz CT molecular complexity index is 554. The summed E-state index contributed by atoms with van der Waals surface area (Å²) in [5.41, 5.74) is 2.03. The second kappa shape index (κ2) is 5.83. The fraction of sp³-hybridized carbons (Fsp3) is 0.714. The standard InChI is InChI=1S/C14H20N4O3/c19-13(17-8-4-3-7-12(17)14(20)21)9-18-11-6-2-1-5-10(11)15-16-18/h12H,1-9H2,(H,20,21)/t12-/m0/s1. The first kappa shape index (κ1) is 14.0. The zero-order valence-electron chi connectivity index (χ0n) is 12.0. The lowest BCUT2D eigenvalue weighted by Gasteiger charge is -2.33. The minimum atomic E-state index is -0.913. The monoisotopic (exact) mass is 292 g/mol. The van der Waals surface area contributed by atoms with Gasteiger partial charge in [-0.25, -0.2) is 9.48 Å². The van der Waals surface area contributed by atoms with Crippen molar-refractivity contribution >= 4 is 11.9 Å². The van der Waals surface area contributed by atoms with Gasteiger partial charge in [0.25, 0.3) is 0 Å². The van der Waals surface area contributed by atoms with Crippen molar-refractivity contribution in [3.8, 4) is 0 Å². The van der Waals surface area contributed by atoms with Crippen molar-refractivity contribution in [1.29, 1.82) is 0 Å². The number of fused-ring (bicyclic) bond motifs is 1. The molecule has 0 radical (unpaired) electrons. The number of likely N-dealkylation sites (tertiary alicyclic amines) is 1. The maximum atomic E-state index is 12.4. The average molecular weight is 292 g/mol. The molecule has 7 nitrogen and oxygen atoms in total. The van der Waals surface area contributed by atoms with Gasteiger partial charge in [0.15, 0.2) is 0 Å². The van der Waals surface area contributed by atoms with E-state index in [1.807, 2.05) is 0 Å². The van der Waals surface area contributed by atoms with E-state index in [0.29, 0.717) is 13.0 Å². The molecule has 1 fully saturated rings. The highest BCUT2D eigenvalue weighted by atomic mass is 16.4. The molecule has 1 atom stereocenters. The Morgan fingerprint density at radius 3 is 2.81 bits per heavy atom. The predicted molar refractivity (Wildman–Crippen MR) is 73.7 cm³/mol. The van der Waals surface area contributed by atoms with E-state index in [1.54, 1.807) is 4.68 Å². The van der Waals surface area contributed by atoms with Crippen molar-refractivity contribution in [2.24, 2.45) is 0 Å². The van der Waals surface area contributed by atoms with Gasteiger partial charge in [-0.1, -0.05) is 5.21 Å². The fourth-order valence-electron chi connectivity index (χ4n) is 3.25. The summed E-state index contributed by atoms with van der Waals surface area (Å²) in [5.74, 6) is -1.08. The molecule has 114 valence electrons. The van der Waals surface area contributed by atoms with Gasteiger partial charge in [-0.2, -0.15) is 0 Å². The molecular formula is C14H20N4O3. The Morgan fingerprint density at radius 2 is 2.00 bits per heavy atom. The smallest absolute Gasteiger partial charge is 0.326 e. The number of amides is 1. The van der Waals surface area contributed by atoms with Crippen LogP contribution in [0.25, 0.3) is 0 Å². The normalized spacial score (nSPS) is 21.9. The summed E-state index contributed by atoms with van der Waals surface area (Å²) in [6, 6.07) is -0.689. The number of hydrogen-bond acceptors (Lipinski definition) is 4. The number of aromatic nitrogens is 3. The second-order valence-corrected chi connectivity index (χ2v) is 5.78. The van der Waals surface area contributed by atoms with E-state index in [0.717, 1.165) is 49.9 Å². The van der Waals surface area contributed by atoms with Gasteiger partial charge in [0.1, 0.15) is 12.6 Å². The first-order chi connectivity index (χ1) is 10.2. The van der Waals surface area contributed by atoms with Crippen molar-refractivity contribution in [2.75, 3.05) is 6.54 Å². The number of nitrogens with zero attached hydrogens (tertiary/aromatic N) is 4. The molecule has 1 aliphatic heterocycles. The van der Waals surface area contributed by atoms with Gasteiger partial charge in [-0.15, -0.1) is 5.10 Å². The van der Waals surface area contributed by atoms with E-state index < -0.39 is 12.0 Å². The van der Waals surface area contributed by atoms with Crippen LogP contribution in [-0.4, -0.2) is 49.5 Å². The van der Waals surface area contributed by atoms with E-state index in [-0.39, 0.29) is 12.5 Å². The summed E-state index contributed by atoms with van der Waals surface area (Å²) in [6.07, 6.45) is 6.30. The summed E-state index contributed by atoms with van der Waals surface area (Å²) >= 11 is 0. The molecule has 0 spiro atoms. The molecule has 2 aliphatic rings. The summed E-state index contributed by atoms with van der Waals surface area (Å²) in [5, 5.41) is 17.5. The zero-order valence-corrected chi connectivity index (χ0v) is 12.0. The SMILES string of the molecule is O=C(O)[C@@H]1CCCCN1C(=O)Cn1nnc2c1CCCC2. The Kier molecular flexibility index (Phi) is 3.90. The van der Waals surface area contributed by atoms with Crippen molar-refractivity contribution in [2.45, 2.75) is 57.5 Å². The summed E-state index contributed by atoms with van der Waals surface area (Å²) in [6.45, 7) is 0.624. The number of hydrogen-bond donors (Lipinski definition) is 1. The van der Waals surface area contributed by atoms with E-state index in [4.69, 9.17) is 0 Å². The highest BCUT2D eigenvalue weighted by molar-refractivity contribution is 5.83. The van der Waals surface area contributed by atoms with Gasteiger partial charge in [-0.05, 0) is 44.9 Å². The van der Waals surface area contributed by atoms with E-state index in [2.05, 4.69) is 10.3 Å². The number of carboxylic acid groups (broad SMARTS) is 1. The van der Waals surface area contributed by atoms with Crippen LogP contribution in [0.1, 0.15) is 43.5 Å². The summed E-state index contributed by atoms with van der Waals surface area (Å²) in [7, 11) is 0. The topological polar surface area (TPSA) is 88.3 Å². The molecule has 0 aromatic carbocycles. The van der Waals surface area contributed by atoms with Crippen molar-refractivity contribution < 1.29 is 14.7 Å². The molecular weight excluding hydrogens is 272 g/mol. The van der Waals surface area contributed by atoms with Crippen LogP contribution in [0.4, 0.5) is 0 Å². The Balaban J connectivity index is 1.73. The van der Waals surface area contributed by atoms with E-state index >= 15 is 0 Å². The third-order valence-corrected chi connectivity index (χ3v) is 4.39. The molecule has 1 amide bonds. The first-order valence-corrected chi connectivity index (χ1v) is 7.60. The zero-order chi connectivity index (χ0) is 14.8. The van der Waals surface area contributed by atoms with Gasteiger partial charge in [0.2, 0.25) is 5.91 Å². The second-order valence-electron chi connectivity index (χ2n) is 5.78. The molecule has 0 bridgehead atoms. The molecule has 1 aliphatic carbocycles. The van der Waals surface area contributed by atoms with Crippen LogP contribution in [0.3, 0.4) is 0 Å². The highest BCUT2D eigenvalue weighted by Crippen LogP contribution is 2.20. The molecule has 1 aromatic rings. The summed E-state index contributed by atoms with van der Waals surface area (Å²) in [4.78, 5) is 25.2. The molecule has 1 aromatic heterocycles. The number of aliphatic carboxylic acids is 1. The number of piperidine rings is 1. The Labute approximate surface area is 122 Å². The van der Waals surface area contributed by atoms with Crippen molar-refractivity contribution in [3.05, 3.63) is 11.4 Å². The van der Waals surface area contributed by atoms with E-state index in [1.165, 1.54) is 4.90 Å². The third-order valence-electron chi connectivity index (χ3n) is 4.39. The number of carboxylic acids is 1. The quantitative estimate of drug-likeness (QED) is 0.882. The number of aryl methyl sites for hydroxylation is 1. The lowest BCUT2D eigenvalue weighted by molar-refractivity contribution is -0.152. The van der Waals surface area contributed by atoms with Gasteiger partial charge >= 0.3 is 5.97 Å². The maximum absolute atomic E-state index is 12.4. The van der Waals surface area contributed by atoms with Crippen LogP contribution >= 0.6 is 0 Å². The van der Waals surface area contributed by atoms with Crippen molar-refractivity contribution in [3.63, 3.8) is 0 Å². The lowest BCUT2D eigenvalue weighted by Crippen LogP contribution is -2.49. The molecule has 0 unspecified atom stereocenters. The molecule has 21 heavy (non-hydrogen) atoms. The third kappa shape index (κ3) is 2.77. The van der Waals surface area contributed by atoms with Crippen LogP contribution in [-0.2, 0) is 29.0 Å². The molecule has 2 heterocycles. The van der Waals surface area contributed by atoms with Gasteiger partial charge < -0.3 is 10.0 Å². The van der Waals surface area contributed by atoms with Crippen molar-refractivity contribution in [1.82, 2.24) is 19.9 Å². The van der Waals surface area contributed by atoms with Gasteiger partial charge in [0, 0.05) is 6.54 Å². The fourth-order valence-corrected chi connectivity index (χ4v) is 3.25. The van der Waals surface area contributed by atoms with Crippen LogP contribution in [0.2, 0.25) is 0 Å². The van der Waals surface area contributed by atoms with Crippen LogP contribution < -0.4 is 0 Å². The van der Waals surface area contributed by atoms with Gasteiger partial charge in [0.05, 0.1) is 11.4 Å². The van der Waals surface area contributed by atoms with Crippen LogP contribution in [0.5, 0.6) is 0 Å². The lowest BCUT2D eigenvalue weighted by atomic mass is 10.0. The molecule has 1 N–H and O–H groups in total. The molecule has 0 saturated carbocycles. The predicted octanol–water partition coefficient (Wildman–Crippen LogP) is 0.623. The Morgan fingerprint density at radius 1 is 1.19 bits per heavy atom. The minimum Gasteiger partial charge on any atom is -0.480 e. The largest absolute Gasteiger partial charge is 0.480 e. The van der Waals surface area contributed by atoms with Crippen LogP contribution in [0, 0.1) is 0 Å². The van der Waals surface area contributed by atoms with Crippen LogP contribution in [0.15, 0.2) is 0 Å². The highest BCUT2D eigenvalue weighted by Gasteiger charge is 2.32. The molecule has 7 heteroatoms. The average Bonchev–Trinajstić information content (AvgIpc) is 2.90. The summed E-state index contributed by atoms with van der Waals surface area (Å²) < 4.78 is 1.66. The van der Waals surface area contributed by atoms with E-state index in [9.17, 15) is 14.7 Å². The Hall–Kier alpha value is -1.92. The number of carbonyl (C=O) groups is 2. The maximum Gasteiger partial charge on any atom is 0.326 e. The first-order valence-electron chi connectivity index (χ1n) is 7.60. The molecule has 3 rings (SSSR count). The number of rotatable bonds is 3. The number of carbonyl (C=O) groups excluding carboxylic acids is 1. The minimum absolute atomic E-state index is 0.103. The van der Waals surface area contributed by atoms with Gasteiger partial charge in [-0.3, -0.25) is 4.79 Å². The molecule has 1 saturated heterocycles.